The van der Waals surface area contributed by atoms with E-state index in [1.807, 2.05) is 12.1 Å². The second-order valence-corrected chi connectivity index (χ2v) is 6.30. The van der Waals surface area contributed by atoms with Gasteiger partial charge in [0.1, 0.15) is 0 Å². The van der Waals surface area contributed by atoms with Gasteiger partial charge in [0.2, 0.25) is 0 Å². The van der Waals surface area contributed by atoms with Crippen LogP contribution in [0.5, 0.6) is 0 Å². The van der Waals surface area contributed by atoms with Crippen molar-refractivity contribution >= 4 is 21.6 Å². The van der Waals surface area contributed by atoms with Crippen LogP contribution in [0.25, 0.3) is 0 Å². The highest BCUT2D eigenvalue weighted by atomic mass is 79.9. The lowest BCUT2D eigenvalue weighted by Gasteiger charge is -2.14. The molecule has 0 amide bonds. The van der Waals surface area contributed by atoms with Crippen molar-refractivity contribution in [1.82, 2.24) is 0 Å². The summed E-state index contributed by atoms with van der Waals surface area (Å²) in [7, 11) is 1.72. The molecule has 0 aliphatic rings. The summed E-state index contributed by atoms with van der Waals surface area (Å²) in [4.78, 5) is 0. The van der Waals surface area contributed by atoms with Crippen molar-refractivity contribution < 1.29 is 4.74 Å². The maximum atomic E-state index is 5.27. The van der Waals surface area contributed by atoms with Crippen LogP contribution in [0.3, 0.4) is 0 Å². The Morgan fingerprint density at radius 1 is 1.10 bits per heavy atom. The molecule has 0 radical (unpaired) electrons. The first kappa shape index (κ1) is 16.1. The van der Waals surface area contributed by atoms with Gasteiger partial charge in [-0.25, -0.2) is 0 Å². The fraction of sp³-hybridized carbons (Fsp3) is 0.333. The predicted molar refractivity (Wildman–Crippen MR) is 92.7 cm³/mol. The van der Waals surface area contributed by atoms with Crippen LogP contribution in [-0.2, 0) is 17.9 Å². The van der Waals surface area contributed by atoms with Crippen LogP contribution in [0.4, 0.5) is 5.69 Å². The van der Waals surface area contributed by atoms with Crippen molar-refractivity contribution in [2.24, 2.45) is 0 Å². The Bertz CT molecular complexity index is 578. The quantitative estimate of drug-likeness (QED) is 0.762. The van der Waals surface area contributed by atoms with E-state index >= 15 is 0 Å². The van der Waals surface area contributed by atoms with Gasteiger partial charge in [0.25, 0.3) is 0 Å². The van der Waals surface area contributed by atoms with Crippen molar-refractivity contribution in [3.05, 3.63) is 63.6 Å². The van der Waals surface area contributed by atoms with Crippen LogP contribution < -0.4 is 5.32 Å². The molecule has 1 N–H and O–H groups in total. The van der Waals surface area contributed by atoms with E-state index in [-0.39, 0.29) is 0 Å². The average molecular weight is 348 g/mol. The summed E-state index contributed by atoms with van der Waals surface area (Å²) in [6, 6.07) is 15.0. The number of benzene rings is 2. The SMILES string of the molecule is COCc1c(Br)cccc1NCc1ccc(C(C)C)cc1. The van der Waals surface area contributed by atoms with Crippen LogP contribution in [0.2, 0.25) is 0 Å². The topological polar surface area (TPSA) is 21.3 Å². The van der Waals surface area contributed by atoms with Gasteiger partial charge in [-0.05, 0) is 29.2 Å². The van der Waals surface area contributed by atoms with Crippen LogP contribution in [-0.4, -0.2) is 7.11 Å². The van der Waals surface area contributed by atoms with Crippen molar-refractivity contribution in [2.45, 2.75) is 32.9 Å². The molecule has 21 heavy (non-hydrogen) atoms. The van der Waals surface area contributed by atoms with Gasteiger partial charge in [-0.1, -0.05) is 60.1 Å². The molecular weight excluding hydrogens is 326 g/mol. The Kier molecular flexibility index (Phi) is 5.83. The molecule has 2 nitrogen and oxygen atoms in total. The van der Waals surface area contributed by atoms with Gasteiger partial charge in [0.15, 0.2) is 0 Å². The number of hydrogen-bond donors (Lipinski definition) is 1. The van der Waals surface area contributed by atoms with E-state index in [0.717, 1.165) is 22.3 Å². The van der Waals surface area contributed by atoms with Crippen molar-refractivity contribution in [3.8, 4) is 0 Å². The van der Waals surface area contributed by atoms with Crippen LogP contribution >= 0.6 is 15.9 Å². The first-order valence-corrected chi connectivity index (χ1v) is 8.00. The highest BCUT2D eigenvalue weighted by molar-refractivity contribution is 9.10. The van der Waals surface area contributed by atoms with E-state index in [1.54, 1.807) is 7.11 Å². The summed E-state index contributed by atoms with van der Waals surface area (Å²) in [6.07, 6.45) is 0. The molecule has 2 aromatic rings. The third-order valence-electron chi connectivity index (χ3n) is 3.54. The summed E-state index contributed by atoms with van der Waals surface area (Å²) >= 11 is 3.58. The zero-order chi connectivity index (χ0) is 15.2. The van der Waals surface area contributed by atoms with Gasteiger partial charge in [0.05, 0.1) is 6.61 Å². The molecule has 0 aromatic heterocycles. The third-order valence-corrected chi connectivity index (χ3v) is 4.28. The molecule has 112 valence electrons. The molecule has 3 heteroatoms. The summed E-state index contributed by atoms with van der Waals surface area (Å²) in [5.41, 5.74) is 4.92. The monoisotopic (exact) mass is 347 g/mol. The van der Waals surface area contributed by atoms with Crippen molar-refractivity contribution in [1.29, 1.82) is 0 Å². The fourth-order valence-corrected chi connectivity index (χ4v) is 2.71. The summed E-state index contributed by atoms with van der Waals surface area (Å²) in [5.74, 6) is 0.574. The van der Waals surface area contributed by atoms with E-state index in [9.17, 15) is 0 Å². The minimum Gasteiger partial charge on any atom is -0.381 e. The first-order chi connectivity index (χ1) is 10.1. The molecular formula is C18H22BrNO. The number of methoxy groups -OCH3 is 1. The summed E-state index contributed by atoms with van der Waals surface area (Å²) in [5, 5.41) is 3.49. The molecule has 0 unspecified atom stereocenters. The molecule has 2 aromatic carbocycles. The Morgan fingerprint density at radius 2 is 1.81 bits per heavy atom. The molecule has 0 bridgehead atoms. The number of hydrogen-bond acceptors (Lipinski definition) is 2. The van der Waals surface area contributed by atoms with E-state index in [0.29, 0.717) is 12.5 Å². The molecule has 0 spiro atoms. The summed E-state index contributed by atoms with van der Waals surface area (Å²) in [6.45, 7) is 5.83. The van der Waals surface area contributed by atoms with Crippen LogP contribution in [0, 0.1) is 0 Å². The highest BCUT2D eigenvalue weighted by Crippen LogP contribution is 2.26. The highest BCUT2D eigenvalue weighted by Gasteiger charge is 2.06. The number of nitrogens with one attached hydrogen (secondary N) is 1. The van der Waals surface area contributed by atoms with Crippen LogP contribution in [0.1, 0.15) is 36.5 Å². The van der Waals surface area contributed by atoms with Crippen molar-refractivity contribution in [2.75, 3.05) is 12.4 Å². The zero-order valence-corrected chi connectivity index (χ0v) is 14.4. The molecule has 0 aliphatic carbocycles. The molecule has 0 heterocycles. The fourth-order valence-electron chi connectivity index (χ4n) is 2.23. The number of ether oxygens (including phenoxy) is 1. The van der Waals surface area contributed by atoms with Gasteiger partial charge in [-0.15, -0.1) is 0 Å². The number of anilines is 1. The standard InChI is InChI=1S/C18H22BrNO/c1-13(2)15-9-7-14(8-10-15)11-20-18-6-4-5-17(19)16(18)12-21-3/h4-10,13,20H,11-12H2,1-3H3. The minimum absolute atomic E-state index is 0.574. The Hall–Kier alpha value is -1.32. The smallest absolute Gasteiger partial charge is 0.0744 e. The molecule has 0 atom stereocenters. The van der Waals surface area contributed by atoms with Gasteiger partial charge in [0, 0.05) is 29.4 Å². The molecule has 0 saturated carbocycles. The van der Waals surface area contributed by atoms with E-state index in [4.69, 9.17) is 4.74 Å². The van der Waals surface area contributed by atoms with E-state index in [2.05, 4.69) is 65.4 Å². The largest absolute Gasteiger partial charge is 0.381 e. The molecule has 0 saturated heterocycles. The molecule has 0 aliphatic heterocycles. The van der Waals surface area contributed by atoms with Gasteiger partial charge >= 0.3 is 0 Å². The van der Waals surface area contributed by atoms with Gasteiger partial charge < -0.3 is 10.1 Å². The molecule has 2 rings (SSSR count). The van der Waals surface area contributed by atoms with E-state index < -0.39 is 0 Å². The lowest BCUT2D eigenvalue weighted by atomic mass is 10.0. The van der Waals surface area contributed by atoms with Gasteiger partial charge in [-0.3, -0.25) is 0 Å². The zero-order valence-electron chi connectivity index (χ0n) is 12.8. The minimum atomic E-state index is 0.574. The number of rotatable bonds is 6. The Morgan fingerprint density at radius 3 is 2.43 bits per heavy atom. The average Bonchev–Trinajstić information content (AvgIpc) is 2.48. The van der Waals surface area contributed by atoms with Gasteiger partial charge in [-0.2, -0.15) is 0 Å². The van der Waals surface area contributed by atoms with Crippen molar-refractivity contribution in [3.63, 3.8) is 0 Å². The lowest BCUT2D eigenvalue weighted by molar-refractivity contribution is 0.185. The Labute approximate surface area is 135 Å². The first-order valence-electron chi connectivity index (χ1n) is 7.21. The normalized spacial score (nSPS) is 10.9. The Balaban J connectivity index is 2.07. The third kappa shape index (κ3) is 4.32. The predicted octanol–water partition coefficient (Wildman–Crippen LogP) is 5.33. The second kappa shape index (κ2) is 7.62. The number of halogens is 1. The maximum absolute atomic E-state index is 5.27. The second-order valence-electron chi connectivity index (χ2n) is 5.45. The van der Waals surface area contributed by atoms with E-state index in [1.165, 1.54) is 11.1 Å². The maximum Gasteiger partial charge on any atom is 0.0744 e. The van der Waals surface area contributed by atoms with Crippen LogP contribution in [0.15, 0.2) is 46.9 Å². The summed E-state index contributed by atoms with van der Waals surface area (Å²) < 4.78 is 6.35. The molecule has 0 fully saturated rings. The lowest BCUT2D eigenvalue weighted by Crippen LogP contribution is -2.04.